The van der Waals surface area contributed by atoms with E-state index in [4.69, 9.17) is 0 Å². The molecule has 1 saturated heterocycles. The third-order valence-electron chi connectivity index (χ3n) is 2.80. The minimum atomic E-state index is 0.193. The molecule has 0 saturated carbocycles. The number of hydrogen-bond acceptors (Lipinski definition) is 3. The zero-order chi connectivity index (χ0) is 10.9. The van der Waals surface area contributed by atoms with Crippen molar-refractivity contribution in [2.75, 3.05) is 18.0 Å². The molecule has 0 N–H and O–H groups in total. The first kappa shape index (κ1) is 10.9. The molecule has 0 aromatic carbocycles. The van der Waals surface area contributed by atoms with Crippen LogP contribution < -0.4 is 4.90 Å². The molecular formula is C12H20N2S. The van der Waals surface area contributed by atoms with Crippen molar-refractivity contribution in [3.8, 4) is 0 Å². The zero-order valence-corrected chi connectivity index (χ0v) is 10.7. The SMILES string of the molecule is CC(C)(C)c1ncc(N2CCCCC2)s1. The summed E-state index contributed by atoms with van der Waals surface area (Å²) >= 11 is 1.86. The highest BCUT2D eigenvalue weighted by Crippen LogP contribution is 2.32. The van der Waals surface area contributed by atoms with Crippen molar-refractivity contribution in [2.45, 2.75) is 45.4 Å². The third kappa shape index (κ3) is 2.51. The van der Waals surface area contributed by atoms with Gasteiger partial charge in [-0.05, 0) is 19.3 Å². The Morgan fingerprint density at radius 1 is 1.20 bits per heavy atom. The van der Waals surface area contributed by atoms with E-state index in [-0.39, 0.29) is 5.41 Å². The van der Waals surface area contributed by atoms with Gasteiger partial charge < -0.3 is 4.90 Å². The van der Waals surface area contributed by atoms with Crippen molar-refractivity contribution < 1.29 is 0 Å². The normalized spacial score (nSPS) is 18.2. The Balaban J connectivity index is 2.12. The molecule has 2 heterocycles. The molecule has 15 heavy (non-hydrogen) atoms. The monoisotopic (exact) mass is 224 g/mol. The lowest BCUT2D eigenvalue weighted by atomic mass is 9.98. The Bertz CT molecular complexity index is 319. The maximum atomic E-state index is 4.54. The lowest BCUT2D eigenvalue weighted by molar-refractivity contribution is 0.580. The number of aromatic nitrogens is 1. The summed E-state index contributed by atoms with van der Waals surface area (Å²) in [4.78, 5) is 7.02. The lowest BCUT2D eigenvalue weighted by Crippen LogP contribution is -2.28. The molecule has 3 heteroatoms. The summed E-state index contributed by atoms with van der Waals surface area (Å²) in [5.74, 6) is 0. The maximum Gasteiger partial charge on any atom is 0.111 e. The summed E-state index contributed by atoms with van der Waals surface area (Å²) in [5.41, 5.74) is 0.193. The molecule has 1 aromatic rings. The molecule has 2 rings (SSSR count). The van der Waals surface area contributed by atoms with Crippen LogP contribution in [-0.2, 0) is 5.41 Å². The fraction of sp³-hybridized carbons (Fsp3) is 0.750. The van der Waals surface area contributed by atoms with Crippen LogP contribution in [0.25, 0.3) is 0 Å². The van der Waals surface area contributed by atoms with Crippen LogP contribution in [0.5, 0.6) is 0 Å². The van der Waals surface area contributed by atoms with Gasteiger partial charge in [-0.3, -0.25) is 0 Å². The van der Waals surface area contributed by atoms with Crippen molar-refractivity contribution in [2.24, 2.45) is 0 Å². The van der Waals surface area contributed by atoms with Crippen LogP contribution in [0.4, 0.5) is 5.00 Å². The first-order valence-corrected chi connectivity index (χ1v) is 6.60. The summed E-state index contributed by atoms with van der Waals surface area (Å²) in [6.07, 6.45) is 6.11. The first-order chi connectivity index (χ1) is 7.07. The fourth-order valence-electron chi connectivity index (χ4n) is 1.87. The topological polar surface area (TPSA) is 16.1 Å². The predicted octanol–water partition coefficient (Wildman–Crippen LogP) is 3.43. The number of rotatable bonds is 1. The van der Waals surface area contributed by atoms with E-state index in [0.29, 0.717) is 0 Å². The second-order valence-corrected chi connectivity index (χ2v) is 6.31. The van der Waals surface area contributed by atoms with Crippen molar-refractivity contribution in [1.82, 2.24) is 4.98 Å². The van der Waals surface area contributed by atoms with E-state index in [1.165, 1.54) is 42.4 Å². The summed E-state index contributed by atoms with van der Waals surface area (Å²) in [6.45, 7) is 9.11. The number of anilines is 1. The summed E-state index contributed by atoms with van der Waals surface area (Å²) in [6, 6.07) is 0. The van der Waals surface area contributed by atoms with E-state index in [9.17, 15) is 0 Å². The molecule has 0 radical (unpaired) electrons. The lowest BCUT2D eigenvalue weighted by Gasteiger charge is -2.26. The highest BCUT2D eigenvalue weighted by atomic mass is 32.1. The van der Waals surface area contributed by atoms with Crippen molar-refractivity contribution >= 4 is 16.3 Å². The van der Waals surface area contributed by atoms with Crippen LogP contribution in [0.3, 0.4) is 0 Å². The van der Waals surface area contributed by atoms with Crippen molar-refractivity contribution in [3.63, 3.8) is 0 Å². The predicted molar refractivity (Wildman–Crippen MR) is 66.9 cm³/mol. The van der Waals surface area contributed by atoms with E-state index in [1.807, 2.05) is 11.3 Å². The molecular weight excluding hydrogens is 204 g/mol. The van der Waals surface area contributed by atoms with Crippen molar-refractivity contribution in [1.29, 1.82) is 0 Å². The number of nitrogens with zero attached hydrogens (tertiary/aromatic N) is 2. The minimum absolute atomic E-state index is 0.193. The number of piperidine rings is 1. The van der Waals surface area contributed by atoms with Crippen LogP contribution >= 0.6 is 11.3 Å². The first-order valence-electron chi connectivity index (χ1n) is 5.78. The second-order valence-electron chi connectivity index (χ2n) is 5.30. The molecule has 0 bridgehead atoms. The third-order valence-corrected chi connectivity index (χ3v) is 4.29. The highest BCUT2D eigenvalue weighted by Gasteiger charge is 2.20. The molecule has 1 fully saturated rings. The molecule has 0 spiro atoms. The number of thiazole rings is 1. The van der Waals surface area contributed by atoms with E-state index in [2.05, 4.69) is 36.9 Å². The van der Waals surface area contributed by atoms with Gasteiger partial charge in [-0.15, -0.1) is 11.3 Å². The smallest absolute Gasteiger partial charge is 0.111 e. The average Bonchev–Trinajstić information content (AvgIpc) is 2.67. The second kappa shape index (κ2) is 4.12. The van der Waals surface area contributed by atoms with Crippen LogP contribution in [0.2, 0.25) is 0 Å². The van der Waals surface area contributed by atoms with Crippen LogP contribution in [-0.4, -0.2) is 18.1 Å². The molecule has 0 atom stereocenters. The summed E-state index contributed by atoms with van der Waals surface area (Å²) in [7, 11) is 0. The molecule has 0 amide bonds. The Kier molecular flexibility index (Phi) is 3.01. The maximum absolute atomic E-state index is 4.54. The molecule has 2 nitrogen and oxygen atoms in total. The zero-order valence-electron chi connectivity index (χ0n) is 9.92. The van der Waals surface area contributed by atoms with Crippen LogP contribution in [0.1, 0.15) is 45.0 Å². The molecule has 0 aliphatic carbocycles. The van der Waals surface area contributed by atoms with Crippen LogP contribution in [0, 0.1) is 0 Å². The fourth-order valence-corrected chi connectivity index (χ4v) is 2.90. The Hall–Kier alpha value is -0.570. The van der Waals surface area contributed by atoms with Gasteiger partial charge in [0.25, 0.3) is 0 Å². The summed E-state index contributed by atoms with van der Waals surface area (Å²) < 4.78 is 0. The summed E-state index contributed by atoms with van der Waals surface area (Å²) in [5, 5.41) is 2.61. The van der Waals surface area contributed by atoms with Gasteiger partial charge in [0.05, 0.1) is 11.2 Å². The van der Waals surface area contributed by atoms with Gasteiger partial charge in [0, 0.05) is 18.5 Å². The Labute approximate surface area is 96.3 Å². The average molecular weight is 224 g/mol. The largest absolute Gasteiger partial charge is 0.362 e. The number of hydrogen-bond donors (Lipinski definition) is 0. The van der Waals surface area contributed by atoms with E-state index in [0.717, 1.165) is 0 Å². The van der Waals surface area contributed by atoms with Gasteiger partial charge in [-0.2, -0.15) is 0 Å². The molecule has 0 unspecified atom stereocenters. The van der Waals surface area contributed by atoms with Gasteiger partial charge in [0.1, 0.15) is 5.00 Å². The highest BCUT2D eigenvalue weighted by molar-refractivity contribution is 7.15. The van der Waals surface area contributed by atoms with Gasteiger partial charge in [0.15, 0.2) is 0 Å². The Morgan fingerprint density at radius 2 is 1.87 bits per heavy atom. The quantitative estimate of drug-likeness (QED) is 0.726. The molecule has 1 aliphatic rings. The van der Waals surface area contributed by atoms with E-state index >= 15 is 0 Å². The van der Waals surface area contributed by atoms with Gasteiger partial charge in [-0.25, -0.2) is 4.98 Å². The van der Waals surface area contributed by atoms with Gasteiger partial charge in [0.2, 0.25) is 0 Å². The van der Waals surface area contributed by atoms with Gasteiger partial charge >= 0.3 is 0 Å². The van der Waals surface area contributed by atoms with Crippen LogP contribution in [0.15, 0.2) is 6.20 Å². The molecule has 1 aliphatic heterocycles. The Morgan fingerprint density at radius 3 is 2.40 bits per heavy atom. The minimum Gasteiger partial charge on any atom is -0.362 e. The van der Waals surface area contributed by atoms with Gasteiger partial charge in [-0.1, -0.05) is 20.8 Å². The van der Waals surface area contributed by atoms with Crippen molar-refractivity contribution in [3.05, 3.63) is 11.2 Å². The van der Waals surface area contributed by atoms with E-state index < -0.39 is 0 Å². The molecule has 1 aromatic heterocycles. The van der Waals surface area contributed by atoms with E-state index in [1.54, 1.807) is 0 Å². The molecule has 84 valence electrons. The standard InChI is InChI=1S/C12H20N2S/c1-12(2,3)11-13-9-10(15-11)14-7-5-4-6-8-14/h9H,4-8H2,1-3H3.